The quantitative estimate of drug-likeness (QED) is 0.660. The van der Waals surface area contributed by atoms with E-state index in [0.717, 1.165) is 19.4 Å². The van der Waals surface area contributed by atoms with Crippen LogP contribution in [0.5, 0.6) is 0 Å². The highest BCUT2D eigenvalue weighted by Crippen LogP contribution is 2.28. The number of nitro benzene ring substituents is 1. The largest absolute Gasteiger partial charge is 0.348 e. The predicted octanol–water partition coefficient (Wildman–Crippen LogP) is 2.15. The van der Waals surface area contributed by atoms with E-state index in [1.54, 1.807) is 0 Å². The number of nitro groups is 1. The lowest BCUT2D eigenvalue weighted by Gasteiger charge is -2.23. The number of amides is 1. The van der Waals surface area contributed by atoms with Gasteiger partial charge < -0.3 is 10.6 Å². The first-order chi connectivity index (χ1) is 9.09. The number of halogens is 2. The Morgan fingerprint density at radius 2 is 2.25 bits per heavy atom. The zero-order valence-corrected chi connectivity index (χ0v) is 12.2. The Balaban J connectivity index is 0.00000200. The molecule has 1 unspecified atom stereocenters. The molecular weight excluding hydrogens is 305 g/mol. The maximum absolute atomic E-state index is 12.1. The number of nitrogens with one attached hydrogen (secondary N) is 2. The SMILES string of the molecule is Cl.O=C(NC1CCCNC1)c1cccc(Cl)c1[N+](=O)[O-]. The minimum absolute atomic E-state index is 0. The Morgan fingerprint density at radius 1 is 1.50 bits per heavy atom. The molecule has 1 fully saturated rings. The maximum atomic E-state index is 12.1. The number of benzene rings is 1. The van der Waals surface area contributed by atoms with Gasteiger partial charge in [-0.05, 0) is 31.5 Å². The molecule has 1 amide bonds. The van der Waals surface area contributed by atoms with Gasteiger partial charge in [0, 0.05) is 12.6 Å². The zero-order valence-electron chi connectivity index (χ0n) is 10.6. The van der Waals surface area contributed by atoms with Gasteiger partial charge >= 0.3 is 5.69 Å². The van der Waals surface area contributed by atoms with E-state index in [2.05, 4.69) is 10.6 Å². The summed E-state index contributed by atoms with van der Waals surface area (Å²) in [6.45, 7) is 1.61. The Hall–Kier alpha value is -1.37. The Labute approximate surface area is 127 Å². The van der Waals surface area contributed by atoms with Gasteiger partial charge in [-0.3, -0.25) is 14.9 Å². The van der Waals surface area contributed by atoms with Crippen molar-refractivity contribution in [3.63, 3.8) is 0 Å². The first kappa shape index (κ1) is 16.7. The molecule has 0 spiro atoms. The molecule has 2 N–H and O–H groups in total. The number of para-hydroxylation sites is 1. The summed E-state index contributed by atoms with van der Waals surface area (Å²) in [7, 11) is 0. The van der Waals surface area contributed by atoms with Crippen molar-refractivity contribution in [3.05, 3.63) is 38.9 Å². The second-order valence-electron chi connectivity index (χ2n) is 4.41. The minimum atomic E-state index is -0.629. The fourth-order valence-electron chi connectivity index (χ4n) is 2.12. The monoisotopic (exact) mass is 319 g/mol. The summed E-state index contributed by atoms with van der Waals surface area (Å²) in [6, 6.07) is 4.34. The van der Waals surface area contributed by atoms with Crippen molar-refractivity contribution in [2.75, 3.05) is 13.1 Å². The molecule has 110 valence electrons. The van der Waals surface area contributed by atoms with Crippen molar-refractivity contribution in [1.29, 1.82) is 0 Å². The van der Waals surface area contributed by atoms with E-state index >= 15 is 0 Å². The molecule has 1 atom stereocenters. The fraction of sp³-hybridized carbons (Fsp3) is 0.417. The van der Waals surface area contributed by atoms with Crippen LogP contribution in [-0.2, 0) is 0 Å². The van der Waals surface area contributed by atoms with Crippen molar-refractivity contribution >= 4 is 35.6 Å². The first-order valence-corrected chi connectivity index (χ1v) is 6.42. The number of piperidine rings is 1. The topological polar surface area (TPSA) is 84.3 Å². The smallest absolute Gasteiger partial charge is 0.300 e. The molecule has 0 saturated carbocycles. The van der Waals surface area contributed by atoms with E-state index < -0.39 is 10.8 Å². The molecule has 20 heavy (non-hydrogen) atoms. The van der Waals surface area contributed by atoms with Gasteiger partial charge in [0.05, 0.1) is 4.92 Å². The van der Waals surface area contributed by atoms with E-state index in [9.17, 15) is 14.9 Å². The van der Waals surface area contributed by atoms with Gasteiger partial charge in [0.2, 0.25) is 0 Å². The van der Waals surface area contributed by atoms with Gasteiger partial charge in [-0.2, -0.15) is 0 Å². The Morgan fingerprint density at radius 3 is 2.85 bits per heavy atom. The minimum Gasteiger partial charge on any atom is -0.348 e. The van der Waals surface area contributed by atoms with Crippen LogP contribution in [0.1, 0.15) is 23.2 Å². The van der Waals surface area contributed by atoms with Gasteiger partial charge in [-0.15, -0.1) is 12.4 Å². The number of nitrogens with zero attached hydrogens (tertiary/aromatic N) is 1. The molecule has 1 heterocycles. The molecule has 1 aromatic carbocycles. The number of hydrogen-bond acceptors (Lipinski definition) is 4. The summed E-state index contributed by atoms with van der Waals surface area (Å²) in [5.74, 6) is -0.456. The fourth-order valence-corrected chi connectivity index (χ4v) is 2.37. The number of rotatable bonds is 3. The average Bonchev–Trinajstić information content (AvgIpc) is 2.39. The molecular formula is C12H15Cl2N3O3. The summed E-state index contributed by atoms with van der Waals surface area (Å²) in [4.78, 5) is 22.4. The van der Waals surface area contributed by atoms with Crippen LogP contribution in [0.3, 0.4) is 0 Å². The molecule has 1 aliphatic heterocycles. The highest BCUT2D eigenvalue weighted by atomic mass is 35.5. The summed E-state index contributed by atoms with van der Waals surface area (Å²) < 4.78 is 0. The van der Waals surface area contributed by atoms with E-state index in [-0.39, 0.29) is 34.7 Å². The number of carbonyl (C=O) groups excluding carboxylic acids is 1. The molecule has 1 aliphatic rings. The van der Waals surface area contributed by atoms with Crippen LogP contribution >= 0.6 is 24.0 Å². The van der Waals surface area contributed by atoms with Crippen molar-refractivity contribution in [2.45, 2.75) is 18.9 Å². The van der Waals surface area contributed by atoms with Crippen LogP contribution in [0.2, 0.25) is 5.02 Å². The van der Waals surface area contributed by atoms with Crippen LogP contribution in [0.4, 0.5) is 5.69 Å². The molecule has 2 rings (SSSR count). The van der Waals surface area contributed by atoms with Crippen LogP contribution in [0.25, 0.3) is 0 Å². The van der Waals surface area contributed by atoms with E-state index in [0.29, 0.717) is 6.54 Å². The van der Waals surface area contributed by atoms with Gasteiger partial charge in [-0.1, -0.05) is 17.7 Å². The number of carbonyl (C=O) groups is 1. The van der Waals surface area contributed by atoms with E-state index in [1.807, 2.05) is 0 Å². The van der Waals surface area contributed by atoms with Crippen molar-refractivity contribution < 1.29 is 9.72 Å². The summed E-state index contributed by atoms with van der Waals surface area (Å²) in [6.07, 6.45) is 1.84. The lowest BCUT2D eigenvalue weighted by molar-refractivity contribution is -0.385. The molecule has 1 saturated heterocycles. The molecule has 0 radical (unpaired) electrons. The Bertz CT molecular complexity index is 505. The third kappa shape index (κ3) is 3.82. The van der Waals surface area contributed by atoms with Crippen LogP contribution in [0, 0.1) is 10.1 Å². The normalized spacial score (nSPS) is 17.9. The van der Waals surface area contributed by atoms with Gasteiger partial charge in [0.1, 0.15) is 10.6 Å². The van der Waals surface area contributed by atoms with Crippen LogP contribution in [0.15, 0.2) is 18.2 Å². The van der Waals surface area contributed by atoms with Gasteiger partial charge in [0.25, 0.3) is 5.91 Å². The first-order valence-electron chi connectivity index (χ1n) is 6.04. The predicted molar refractivity (Wildman–Crippen MR) is 78.7 cm³/mol. The lowest BCUT2D eigenvalue weighted by atomic mass is 10.1. The molecule has 0 aliphatic carbocycles. The molecule has 8 heteroatoms. The lowest BCUT2D eigenvalue weighted by Crippen LogP contribution is -2.45. The van der Waals surface area contributed by atoms with Crippen LogP contribution in [-0.4, -0.2) is 30.0 Å². The average molecular weight is 320 g/mol. The molecule has 0 bridgehead atoms. The summed E-state index contributed by atoms with van der Waals surface area (Å²) in [5.41, 5.74) is -0.339. The standard InChI is InChI=1S/C12H14ClN3O3.ClH/c13-10-5-1-4-9(11(10)16(18)19)12(17)15-8-3-2-6-14-7-8;/h1,4-5,8,14H,2-3,6-7H2,(H,15,17);1H. The van der Waals surface area contributed by atoms with Crippen molar-refractivity contribution in [3.8, 4) is 0 Å². The summed E-state index contributed by atoms with van der Waals surface area (Å²) >= 11 is 5.78. The molecule has 1 aromatic rings. The highest BCUT2D eigenvalue weighted by Gasteiger charge is 2.25. The number of hydrogen-bond donors (Lipinski definition) is 2. The van der Waals surface area contributed by atoms with Crippen molar-refractivity contribution in [2.24, 2.45) is 0 Å². The Kier molecular flexibility index (Phi) is 6.19. The van der Waals surface area contributed by atoms with Crippen molar-refractivity contribution in [1.82, 2.24) is 10.6 Å². The van der Waals surface area contributed by atoms with E-state index in [1.165, 1.54) is 18.2 Å². The van der Waals surface area contributed by atoms with Gasteiger partial charge in [-0.25, -0.2) is 0 Å². The van der Waals surface area contributed by atoms with Crippen LogP contribution < -0.4 is 10.6 Å². The molecule has 0 aromatic heterocycles. The van der Waals surface area contributed by atoms with E-state index in [4.69, 9.17) is 11.6 Å². The third-order valence-corrected chi connectivity index (χ3v) is 3.35. The molecule has 6 nitrogen and oxygen atoms in total. The second-order valence-corrected chi connectivity index (χ2v) is 4.82. The zero-order chi connectivity index (χ0) is 13.8. The summed E-state index contributed by atoms with van der Waals surface area (Å²) in [5, 5.41) is 16.9. The maximum Gasteiger partial charge on any atom is 0.300 e. The highest BCUT2D eigenvalue weighted by molar-refractivity contribution is 6.33. The van der Waals surface area contributed by atoms with Gasteiger partial charge in [0.15, 0.2) is 0 Å². The third-order valence-electron chi connectivity index (χ3n) is 3.05. The second kappa shape index (κ2) is 7.42.